The first-order valence-electron chi connectivity index (χ1n) is 11.7. The van der Waals surface area contributed by atoms with E-state index in [1.807, 2.05) is 19.1 Å². The van der Waals surface area contributed by atoms with Crippen LogP contribution in [0.25, 0.3) is 0 Å². The molecule has 1 atom stereocenters. The first-order valence-corrected chi connectivity index (χ1v) is 14.7. The summed E-state index contributed by atoms with van der Waals surface area (Å²) in [5.41, 5.74) is 1.89. The van der Waals surface area contributed by atoms with Crippen LogP contribution < -0.4 is 14.8 Å². The number of carbonyl (C=O) groups is 1. The molecule has 37 heavy (non-hydrogen) atoms. The summed E-state index contributed by atoms with van der Waals surface area (Å²) >= 11 is 0. The summed E-state index contributed by atoms with van der Waals surface area (Å²) in [7, 11) is -6.04. The van der Waals surface area contributed by atoms with E-state index in [4.69, 9.17) is 4.74 Å². The molecule has 11 heteroatoms. The molecule has 4 rings (SSSR count). The number of amides is 1. The number of nitrogens with zero attached hydrogens (tertiary/aromatic N) is 1. The van der Waals surface area contributed by atoms with E-state index in [9.17, 15) is 21.6 Å². The van der Waals surface area contributed by atoms with Crippen LogP contribution in [-0.4, -0.2) is 47.2 Å². The lowest BCUT2D eigenvalue weighted by atomic mass is 9.99. The lowest BCUT2D eigenvalue weighted by Gasteiger charge is -2.31. The molecule has 3 aromatic carbocycles. The first-order chi connectivity index (χ1) is 17.6. The van der Waals surface area contributed by atoms with Crippen LogP contribution in [0, 0.1) is 12.8 Å². The van der Waals surface area contributed by atoms with E-state index in [0.29, 0.717) is 36.5 Å². The Morgan fingerprint density at radius 2 is 1.46 bits per heavy atom. The molecule has 1 heterocycles. The molecular formula is C26H29N3O6S2. The van der Waals surface area contributed by atoms with Gasteiger partial charge in [0.2, 0.25) is 15.9 Å². The number of anilines is 2. The molecule has 1 fully saturated rings. The van der Waals surface area contributed by atoms with Gasteiger partial charge in [-0.1, -0.05) is 17.7 Å². The van der Waals surface area contributed by atoms with Gasteiger partial charge in [-0.15, -0.1) is 0 Å². The monoisotopic (exact) mass is 543 g/mol. The van der Waals surface area contributed by atoms with Crippen molar-refractivity contribution >= 4 is 37.3 Å². The zero-order valence-electron chi connectivity index (χ0n) is 20.5. The maximum Gasteiger partial charge on any atom is 0.261 e. The van der Waals surface area contributed by atoms with E-state index in [0.717, 1.165) is 5.56 Å². The Hall–Kier alpha value is -3.41. The maximum absolute atomic E-state index is 13.1. The van der Waals surface area contributed by atoms with Gasteiger partial charge >= 0.3 is 0 Å². The van der Waals surface area contributed by atoms with Gasteiger partial charge in [-0.25, -0.2) is 16.8 Å². The summed E-state index contributed by atoms with van der Waals surface area (Å²) in [6.45, 7) is 2.31. The highest BCUT2D eigenvalue weighted by Crippen LogP contribution is 2.26. The van der Waals surface area contributed by atoms with Crippen LogP contribution in [-0.2, 0) is 24.8 Å². The molecule has 0 saturated carbocycles. The van der Waals surface area contributed by atoms with Crippen molar-refractivity contribution in [3.8, 4) is 5.75 Å². The molecule has 0 bridgehead atoms. The summed E-state index contributed by atoms with van der Waals surface area (Å²) in [5.74, 6) is -0.295. The average molecular weight is 544 g/mol. The molecule has 2 N–H and O–H groups in total. The molecule has 3 aromatic rings. The molecular weight excluding hydrogens is 514 g/mol. The van der Waals surface area contributed by atoms with Gasteiger partial charge in [-0.05, 0) is 80.4 Å². The zero-order chi connectivity index (χ0) is 26.6. The standard InChI is InChI=1S/C26H29N3O6S2/c1-19-5-7-22(8-6-19)28-36(31,32)24-13-9-21(10-14-24)27-26(30)20-4-3-17-29(18-20)37(33,34)25-15-11-23(35-2)12-16-25/h5-16,20,28H,3-4,17-18H2,1-2H3,(H,27,30). The van der Waals surface area contributed by atoms with Gasteiger partial charge in [-0.3, -0.25) is 9.52 Å². The molecule has 1 aliphatic rings. The van der Waals surface area contributed by atoms with Crippen molar-refractivity contribution in [2.24, 2.45) is 5.92 Å². The van der Waals surface area contributed by atoms with E-state index in [2.05, 4.69) is 10.0 Å². The molecule has 0 aliphatic carbocycles. The summed E-state index contributed by atoms with van der Waals surface area (Å²) in [6.07, 6.45) is 1.10. The Morgan fingerprint density at radius 3 is 2.08 bits per heavy atom. The normalized spacial score (nSPS) is 16.6. The largest absolute Gasteiger partial charge is 0.497 e. The molecule has 196 valence electrons. The third-order valence-electron chi connectivity index (χ3n) is 6.19. The van der Waals surface area contributed by atoms with Gasteiger partial charge in [0, 0.05) is 24.5 Å². The Balaban J connectivity index is 1.40. The van der Waals surface area contributed by atoms with Crippen LogP contribution >= 0.6 is 0 Å². The predicted molar refractivity (Wildman–Crippen MR) is 142 cm³/mol. The second-order valence-electron chi connectivity index (χ2n) is 8.86. The van der Waals surface area contributed by atoms with Crippen LogP contribution in [0.15, 0.2) is 82.6 Å². The summed E-state index contributed by atoms with van der Waals surface area (Å²) < 4.78 is 60.5. The first kappa shape index (κ1) is 26.6. The number of hydrogen-bond donors (Lipinski definition) is 2. The van der Waals surface area contributed by atoms with Gasteiger partial charge in [0.1, 0.15) is 5.75 Å². The molecule has 1 unspecified atom stereocenters. The van der Waals surface area contributed by atoms with E-state index >= 15 is 0 Å². The lowest BCUT2D eigenvalue weighted by molar-refractivity contribution is -0.120. The minimum absolute atomic E-state index is 0.0560. The van der Waals surface area contributed by atoms with Crippen molar-refractivity contribution in [3.63, 3.8) is 0 Å². The van der Waals surface area contributed by atoms with E-state index < -0.39 is 26.0 Å². The van der Waals surface area contributed by atoms with Gasteiger partial charge in [-0.2, -0.15) is 4.31 Å². The van der Waals surface area contributed by atoms with Crippen LogP contribution in [0.2, 0.25) is 0 Å². The number of nitrogens with one attached hydrogen (secondary N) is 2. The highest BCUT2D eigenvalue weighted by atomic mass is 32.2. The van der Waals surface area contributed by atoms with Gasteiger partial charge < -0.3 is 10.1 Å². The van der Waals surface area contributed by atoms with Crippen LogP contribution in [0.3, 0.4) is 0 Å². The van der Waals surface area contributed by atoms with Crippen LogP contribution in [0.4, 0.5) is 11.4 Å². The quantitative estimate of drug-likeness (QED) is 0.445. The second-order valence-corrected chi connectivity index (χ2v) is 12.5. The Morgan fingerprint density at radius 1 is 0.865 bits per heavy atom. The van der Waals surface area contributed by atoms with Crippen molar-refractivity contribution < 1.29 is 26.4 Å². The third-order valence-corrected chi connectivity index (χ3v) is 9.46. The van der Waals surface area contributed by atoms with Crippen LogP contribution in [0.1, 0.15) is 18.4 Å². The van der Waals surface area contributed by atoms with E-state index in [1.165, 1.54) is 47.8 Å². The Kier molecular flexibility index (Phi) is 7.86. The summed E-state index contributed by atoms with van der Waals surface area (Å²) in [6, 6.07) is 19.0. The fourth-order valence-corrected chi connectivity index (χ4v) is 6.65. The van der Waals surface area contributed by atoms with Crippen molar-refractivity contribution in [3.05, 3.63) is 78.4 Å². The van der Waals surface area contributed by atoms with Gasteiger partial charge in [0.05, 0.1) is 22.8 Å². The third kappa shape index (κ3) is 6.30. The number of sulfonamides is 2. The smallest absolute Gasteiger partial charge is 0.261 e. The van der Waals surface area contributed by atoms with E-state index in [-0.39, 0.29) is 22.2 Å². The van der Waals surface area contributed by atoms with Crippen molar-refractivity contribution in [2.75, 3.05) is 30.2 Å². The number of benzene rings is 3. The predicted octanol–water partition coefficient (Wildman–Crippen LogP) is 3.84. The number of ether oxygens (including phenoxy) is 1. The van der Waals surface area contributed by atoms with Crippen molar-refractivity contribution in [1.82, 2.24) is 4.31 Å². The molecule has 1 amide bonds. The molecule has 0 spiro atoms. The minimum Gasteiger partial charge on any atom is -0.497 e. The maximum atomic E-state index is 13.1. The fraction of sp³-hybridized carbons (Fsp3) is 0.269. The molecule has 0 aromatic heterocycles. The molecule has 9 nitrogen and oxygen atoms in total. The molecule has 1 saturated heterocycles. The van der Waals surface area contributed by atoms with Gasteiger partial charge in [0.25, 0.3) is 10.0 Å². The summed E-state index contributed by atoms with van der Waals surface area (Å²) in [5, 5.41) is 2.78. The number of carbonyl (C=O) groups excluding carboxylic acids is 1. The Bertz CT molecular complexity index is 1450. The zero-order valence-corrected chi connectivity index (χ0v) is 22.2. The van der Waals surface area contributed by atoms with Crippen molar-refractivity contribution in [1.29, 1.82) is 0 Å². The average Bonchev–Trinajstić information content (AvgIpc) is 2.90. The number of piperidine rings is 1. The SMILES string of the molecule is COc1ccc(S(=O)(=O)N2CCCC(C(=O)Nc3ccc(S(=O)(=O)Nc4ccc(C)cc4)cc3)C2)cc1. The highest BCUT2D eigenvalue weighted by molar-refractivity contribution is 7.92. The molecule has 1 aliphatic heterocycles. The second kappa shape index (κ2) is 10.9. The number of methoxy groups -OCH3 is 1. The number of hydrogen-bond acceptors (Lipinski definition) is 6. The molecule has 0 radical (unpaired) electrons. The lowest BCUT2D eigenvalue weighted by Crippen LogP contribution is -2.43. The van der Waals surface area contributed by atoms with Crippen molar-refractivity contribution in [2.45, 2.75) is 29.6 Å². The highest BCUT2D eigenvalue weighted by Gasteiger charge is 2.33. The summed E-state index contributed by atoms with van der Waals surface area (Å²) in [4.78, 5) is 13.1. The number of rotatable bonds is 8. The van der Waals surface area contributed by atoms with Gasteiger partial charge in [0.15, 0.2) is 0 Å². The van der Waals surface area contributed by atoms with Crippen LogP contribution in [0.5, 0.6) is 5.75 Å². The topological polar surface area (TPSA) is 122 Å². The number of aryl methyl sites for hydroxylation is 1. The van der Waals surface area contributed by atoms with E-state index in [1.54, 1.807) is 24.3 Å². The minimum atomic E-state index is -3.79. The fourth-order valence-electron chi connectivity index (χ4n) is 4.07. The Labute approximate surface area is 217 Å².